The lowest BCUT2D eigenvalue weighted by Gasteiger charge is -2.61. The molecule has 1 unspecified atom stereocenters. The van der Waals surface area contributed by atoms with Crippen molar-refractivity contribution in [3.8, 4) is 5.75 Å². The zero-order chi connectivity index (χ0) is 25.0. The van der Waals surface area contributed by atoms with E-state index in [1.165, 1.54) is 18.1 Å². The van der Waals surface area contributed by atoms with E-state index in [0.29, 0.717) is 35.0 Å². The number of rotatable bonds is 4. The van der Waals surface area contributed by atoms with Crippen molar-refractivity contribution in [3.63, 3.8) is 0 Å². The number of carbonyl (C=O) groups excluding carboxylic acids is 1. The van der Waals surface area contributed by atoms with Gasteiger partial charge in [-0.2, -0.15) is 0 Å². The summed E-state index contributed by atoms with van der Waals surface area (Å²) < 4.78 is 0. The molecule has 0 heterocycles. The molecule has 0 aromatic heterocycles. The lowest BCUT2D eigenvalue weighted by molar-refractivity contribution is -0.151. The number of anilines is 1. The van der Waals surface area contributed by atoms with E-state index >= 15 is 0 Å². The van der Waals surface area contributed by atoms with Gasteiger partial charge < -0.3 is 15.5 Å². The van der Waals surface area contributed by atoms with Gasteiger partial charge in [0.15, 0.2) is 0 Å². The molecule has 4 nitrogen and oxygen atoms in total. The van der Waals surface area contributed by atoms with Crippen LogP contribution in [0, 0.1) is 23.2 Å². The Hall–Kier alpha value is -2.30. The molecule has 2 aromatic rings. The Balaban J connectivity index is 1.42. The number of benzene rings is 2. The van der Waals surface area contributed by atoms with Crippen molar-refractivity contribution in [2.45, 2.75) is 70.8 Å². The summed E-state index contributed by atoms with van der Waals surface area (Å²) in [5.74, 6) is 1.54. The van der Waals surface area contributed by atoms with E-state index in [0.717, 1.165) is 43.4 Å². The molecule has 186 valence electrons. The lowest BCUT2D eigenvalue weighted by atomic mass is 9.46. The average Bonchev–Trinajstić information content (AvgIpc) is 2.82. The highest BCUT2D eigenvalue weighted by Crippen LogP contribution is 2.64. The van der Waals surface area contributed by atoms with E-state index in [-0.39, 0.29) is 17.2 Å². The van der Waals surface area contributed by atoms with Crippen LogP contribution in [0.2, 0.25) is 0 Å². The van der Waals surface area contributed by atoms with E-state index in [1.54, 1.807) is 0 Å². The molecule has 2 aromatic carbocycles. The molecule has 35 heavy (non-hydrogen) atoms. The van der Waals surface area contributed by atoms with Gasteiger partial charge in [-0.05, 0) is 103 Å². The number of aliphatic hydroxyl groups is 1. The molecule has 0 saturated heterocycles. The standard InChI is InChI=1S/C30H36ClNO3/c1-18(16-20-4-7-22(8-5-20)32-19(2)33)30(35)28(31)13-12-27-26-10-6-21-17-23(34)9-11-24(21)25(26)14-15-29(27,30)3/h4-5,7-9,11,13,17-18,25-27,34-35H,6,10,12,14-16H2,1-3H3,(H,32,33)/t18?,25-,26-,27+,29+,30+/m1/s1. The van der Waals surface area contributed by atoms with Crippen molar-refractivity contribution in [2.75, 3.05) is 5.32 Å². The van der Waals surface area contributed by atoms with Crippen LogP contribution in [0.15, 0.2) is 53.6 Å². The second-order valence-electron chi connectivity index (χ2n) is 11.3. The highest BCUT2D eigenvalue weighted by atomic mass is 35.5. The normalized spacial score (nSPS) is 32.5. The molecule has 1 saturated carbocycles. The van der Waals surface area contributed by atoms with Crippen molar-refractivity contribution in [1.82, 2.24) is 0 Å². The van der Waals surface area contributed by atoms with Gasteiger partial charge in [0, 0.05) is 23.1 Å². The number of carbonyl (C=O) groups is 1. The topological polar surface area (TPSA) is 69.6 Å². The highest BCUT2D eigenvalue weighted by Gasteiger charge is 2.61. The van der Waals surface area contributed by atoms with Crippen LogP contribution in [0.4, 0.5) is 5.69 Å². The summed E-state index contributed by atoms with van der Waals surface area (Å²) in [4.78, 5) is 11.3. The summed E-state index contributed by atoms with van der Waals surface area (Å²) in [5.41, 5.74) is 3.18. The number of amides is 1. The van der Waals surface area contributed by atoms with Crippen LogP contribution in [0.25, 0.3) is 0 Å². The molecule has 0 radical (unpaired) electrons. The van der Waals surface area contributed by atoms with Gasteiger partial charge in [0.2, 0.25) is 5.91 Å². The monoisotopic (exact) mass is 493 g/mol. The molecule has 1 amide bonds. The molecule has 3 aliphatic rings. The predicted molar refractivity (Wildman–Crippen MR) is 141 cm³/mol. The minimum Gasteiger partial charge on any atom is -0.508 e. The Morgan fingerprint density at radius 1 is 1.20 bits per heavy atom. The maximum atomic E-state index is 12.4. The van der Waals surface area contributed by atoms with Crippen molar-refractivity contribution in [2.24, 2.45) is 23.2 Å². The number of phenolic OH excluding ortho intramolecular Hbond substituents is 1. The average molecular weight is 494 g/mol. The highest BCUT2D eigenvalue weighted by molar-refractivity contribution is 6.30. The number of halogens is 1. The fourth-order valence-corrected chi connectivity index (χ4v) is 8.17. The van der Waals surface area contributed by atoms with Crippen LogP contribution in [0.1, 0.15) is 69.1 Å². The molecule has 0 spiro atoms. The minimum absolute atomic E-state index is 0.0601. The first kappa shape index (κ1) is 24.4. The summed E-state index contributed by atoms with van der Waals surface area (Å²) in [5, 5.41) is 25.8. The molecule has 0 bridgehead atoms. The van der Waals surface area contributed by atoms with Crippen LogP contribution in [0.5, 0.6) is 5.75 Å². The molecule has 5 heteroatoms. The first-order valence-electron chi connectivity index (χ1n) is 12.9. The van der Waals surface area contributed by atoms with E-state index in [4.69, 9.17) is 11.6 Å². The van der Waals surface area contributed by atoms with E-state index in [2.05, 4.69) is 31.3 Å². The molecule has 3 aliphatic carbocycles. The van der Waals surface area contributed by atoms with Crippen LogP contribution in [0.3, 0.4) is 0 Å². The molecular weight excluding hydrogens is 458 g/mol. The summed E-state index contributed by atoms with van der Waals surface area (Å²) in [6, 6.07) is 13.8. The molecule has 1 fully saturated rings. The van der Waals surface area contributed by atoms with Gasteiger partial charge in [-0.1, -0.05) is 49.7 Å². The number of nitrogens with one attached hydrogen (secondary N) is 1. The Labute approximate surface area is 213 Å². The number of phenols is 1. The number of hydrogen-bond acceptors (Lipinski definition) is 3. The third-order valence-electron chi connectivity index (χ3n) is 9.41. The third kappa shape index (κ3) is 3.99. The van der Waals surface area contributed by atoms with Gasteiger partial charge in [-0.25, -0.2) is 0 Å². The van der Waals surface area contributed by atoms with Gasteiger partial charge in [0.05, 0.1) is 0 Å². The Morgan fingerprint density at radius 2 is 1.94 bits per heavy atom. The second kappa shape index (κ2) is 8.97. The zero-order valence-electron chi connectivity index (χ0n) is 20.9. The summed E-state index contributed by atoms with van der Waals surface area (Å²) in [6.07, 6.45) is 7.71. The fourth-order valence-electron chi connectivity index (χ4n) is 7.68. The van der Waals surface area contributed by atoms with Crippen LogP contribution < -0.4 is 5.32 Å². The van der Waals surface area contributed by atoms with E-state index in [1.807, 2.05) is 36.4 Å². The van der Waals surface area contributed by atoms with Gasteiger partial charge >= 0.3 is 0 Å². The minimum atomic E-state index is -1.09. The SMILES string of the molecule is CC(=O)Nc1ccc(CC(C)[C@]2(O)C(Cl)=CC[C@H]3[C@@H]4CCc5cc(O)ccc5[C@H]4CC[C@@]32C)cc1. The first-order chi connectivity index (χ1) is 16.6. The van der Waals surface area contributed by atoms with E-state index in [9.17, 15) is 15.0 Å². The number of allylic oxidation sites excluding steroid dienone is 1. The van der Waals surface area contributed by atoms with Crippen LogP contribution in [-0.2, 0) is 17.6 Å². The Morgan fingerprint density at radius 3 is 2.66 bits per heavy atom. The predicted octanol–water partition coefficient (Wildman–Crippen LogP) is 6.55. The number of aryl methyl sites for hydroxylation is 1. The van der Waals surface area contributed by atoms with E-state index < -0.39 is 5.60 Å². The maximum absolute atomic E-state index is 12.4. The Bertz CT molecular complexity index is 1160. The largest absolute Gasteiger partial charge is 0.508 e. The van der Waals surface area contributed by atoms with Crippen molar-refractivity contribution in [3.05, 3.63) is 70.3 Å². The zero-order valence-corrected chi connectivity index (χ0v) is 21.6. The molecule has 0 aliphatic heterocycles. The Kier molecular flexibility index (Phi) is 6.26. The lowest BCUT2D eigenvalue weighted by Crippen LogP contribution is -2.61. The summed E-state index contributed by atoms with van der Waals surface area (Å²) in [7, 11) is 0. The maximum Gasteiger partial charge on any atom is 0.221 e. The third-order valence-corrected chi connectivity index (χ3v) is 9.86. The van der Waals surface area contributed by atoms with Gasteiger partial charge in [-0.15, -0.1) is 0 Å². The van der Waals surface area contributed by atoms with Crippen LogP contribution in [-0.4, -0.2) is 21.7 Å². The summed E-state index contributed by atoms with van der Waals surface area (Å²) in [6.45, 7) is 5.89. The molecule has 5 rings (SSSR count). The van der Waals surface area contributed by atoms with Crippen LogP contribution >= 0.6 is 11.6 Å². The summed E-state index contributed by atoms with van der Waals surface area (Å²) >= 11 is 6.89. The van der Waals surface area contributed by atoms with Crippen molar-refractivity contribution in [1.29, 1.82) is 0 Å². The van der Waals surface area contributed by atoms with Crippen molar-refractivity contribution >= 4 is 23.2 Å². The first-order valence-corrected chi connectivity index (χ1v) is 13.3. The van der Waals surface area contributed by atoms with Gasteiger partial charge in [-0.3, -0.25) is 4.79 Å². The molecular formula is C30H36ClNO3. The molecule has 3 N–H and O–H groups in total. The van der Waals surface area contributed by atoms with Gasteiger partial charge in [0.25, 0.3) is 0 Å². The second-order valence-corrected chi connectivity index (χ2v) is 11.7. The number of aromatic hydroxyl groups is 1. The van der Waals surface area contributed by atoms with Gasteiger partial charge in [0.1, 0.15) is 11.4 Å². The number of hydrogen-bond donors (Lipinski definition) is 3. The van der Waals surface area contributed by atoms with Crippen molar-refractivity contribution < 1.29 is 15.0 Å². The smallest absolute Gasteiger partial charge is 0.221 e. The fraction of sp³-hybridized carbons (Fsp3) is 0.500. The quantitative estimate of drug-likeness (QED) is 0.452. The number of fused-ring (bicyclic) bond motifs is 5. The molecule has 6 atom stereocenters.